The van der Waals surface area contributed by atoms with E-state index in [1.165, 1.54) is 5.39 Å². The fourth-order valence-corrected chi connectivity index (χ4v) is 2.72. The summed E-state index contributed by atoms with van der Waals surface area (Å²) in [5.41, 5.74) is 1.15. The summed E-state index contributed by atoms with van der Waals surface area (Å²) in [5, 5.41) is 2.89. The van der Waals surface area contributed by atoms with E-state index >= 15 is 0 Å². The highest BCUT2D eigenvalue weighted by atomic mass is 35.5. The number of pyridine rings is 1. The van der Waals surface area contributed by atoms with Crippen LogP contribution in [0, 0.1) is 0 Å². The minimum atomic E-state index is 0.598. The molecule has 3 rings (SSSR count). The SMILES string of the molecule is CCCCc1c(Cl)nc(-n2ccnc2)c2ccccc12. The smallest absolute Gasteiger partial charge is 0.147 e. The molecule has 2 heterocycles. The molecule has 0 saturated heterocycles. The third-order valence-corrected chi connectivity index (χ3v) is 3.79. The van der Waals surface area contributed by atoms with Crippen LogP contribution < -0.4 is 0 Å². The van der Waals surface area contributed by atoms with Gasteiger partial charge in [0.05, 0.1) is 0 Å². The second-order valence-electron chi connectivity index (χ2n) is 4.82. The third-order valence-electron chi connectivity index (χ3n) is 3.48. The zero-order valence-corrected chi connectivity index (χ0v) is 12.1. The zero-order valence-electron chi connectivity index (χ0n) is 11.4. The van der Waals surface area contributed by atoms with Gasteiger partial charge in [-0.3, -0.25) is 4.57 Å². The first-order valence-electron chi connectivity index (χ1n) is 6.86. The Hall–Kier alpha value is -1.87. The van der Waals surface area contributed by atoms with Crippen LogP contribution in [-0.4, -0.2) is 14.5 Å². The van der Waals surface area contributed by atoms with Crippen LogP contribution in [0.5, 0.6) is 0 Å². The Labute approximate surface area is 123 Å². The van der Waals surface area contributed by atoms with Gasteiger partial charge in [0.1, 0.15) is 17.3 Å². The number of hydrogen-bond acceptors (Lipinski definition) is 2. The lowest BCUT2D eigenvalue weighted by atomic mass is 10.0. The van der Waals surface area contributed by atoms with Gasteiger partial charge in [-0.05, 0) is 23.8 Å². The molecule has 2 aromatic heterocycles. The molecule has 0 bridgehead atoms. The summed E-state index contributed by atoms with van der Waals surface area (Å²) in [4.78, 5) is 8.67. The normalized spacial score (nSPS) is 11.1. The number of unbranched alkanes of at least 4 members (excludes halogenated alkanes) is 1. The topological polar surface area (TPSA) is 30.7 Å². The van der Waals surface area contributed by atoms with Crippen molar-refractivity contribution in [3.63, 3.8) is 0 Å². The minimum Gasteiger partial charge on any atom is -0.290 e. The summed E-state index contributed by atoms with van der Waals surface area (Å²) < 4.78 is 1.90. The highest BCUT2D eigenvalue weighted by Crippen LogP contribution is 2.30. The monoisotopic (exact) mass is 285 g/mol. The van der Waals surface area contributed by atoms with Crippen LogP contribution in [0.1, 0.15) is 25.3 Å². The number of rotatable bonds is 4. The molecular weight excluding hydrogens is 270 g/mol. The Morgan fingerprint density at radius 2 is 2.00 bits per heavy atom. The average Bonchev–Trinajstić information content (AvgIpc) is 3.00. The van der Waals surface area contributed by atoms with Gasteiger partial charge in [0, 0.05) is 17.8 Å². The Kier molecular flexibility index (Phi) is 3.70. The molecular formula is C16H16ClN3. The summed E-state index contributed by atoms with van der Waals surface area (Å²) in [7, 11) is 0. The van der Waals surface area contributed by atoms with E-state index < -0.39 is 0 Å². The molecule has 0 amide bonds. The van der Waals surface area contributed by atoms with Crippen LogP contribution in [-0.2, 0) is 6.42 Å². The average molecular weight is 286 g/mol. The second kappa shape index (κ2) is 5.63. The van der Waals surface area contributed by atoms with Crippen LogP contribution in [0.15, 0.2) is 43.0 Å². The van der Waals surface area contributed by atoms with Gasteiger partial charge in [0.25, 0.3) is 0 Å². The zero-order chi connectivity index (χ0) is 13.9. The Balaban J connectivity index is 2.24. The summed E-state index contributed by atoms with van der Waals surface area (Å²) in [5.74, 6) is 0.836. The van der Waals surface area contributed by atoms with Crippen molar-refractivity contribution in [2.75, 3.05) is 0 Å². The predicted molar refractivity (Wildman–Crippen MR) is 82.5 cm³/mol. The summed E-state index contributed by atoms with van der Waals surface area (Å²) in [6.45, 7) is 2.18. The van der Waals surface area contributed by atoms with E-state index in [4.69, 9.17) is 11.6 Å². The van der Waals surface area contributed by atoms with Gasteiger partial charge in [-0.25, -0.2) is 9.97 Å². The van der Waals surface area contributed by atoms with Crippen LogP contribution in [0.2, 0.25) is 5.15 Å². The van der Waals surface area contributed by atoms with Gasteiger partial charge in [0.2, 0.25) is 0 Å². The Morgan fingerprint density at radius 3 is 2.70 bits per heavy atom. The maximum absolute atomic E-state index is 6.42. The standard InChI is InChI=1S/C16H16ClN3/c1-2-3-6-13-12-7-4-5-8-14(12)16(19-15(13)17)20-10-9-18-11-20/h4-5,7-11H,2-3,6H2,1H3. The van der Waals surface area contributed by atoms with Gasteiger partial charge in [-0.1, -0.05) is 49.2 Å². The van der Waals surface area contributed by atoms with Crippen LogP contribution in [0.3, 0.4) is 0 Å². The van der Waals surface area contributed by atoms with Crippen LogP contribution >= 0.6 is 11.6 Å². The molecule has 0 unspecified atom stereocenters. The van der Waals surface area contributed by atoms with Gasteiger partial charge >= 0.3 is 0 Å². The van der Waals surface area contributed by atoms with E-state index in [0.717, 1.165) is 36.0 Å². The molecule has 1 aromatic carbocycles. The van der Waals surface area contributed by atoms with E-state index in [2.05, 4.69) is 29.0 Å². The van der Waals surface area contributed by atoms with Crippen molar-refractivity contribution in [1.29, 1.82) is 0 Å². The maximum Gasteiger partial charge on any atom is 0.147 e. The first kappa shape index (κ1) is 13.1. The van der Waals surface area contributed by atoms with Crippen molar-refractivity contribution < 1.29 is 0 Å². The lowest BCUT2D eigenvalue weighted by Gasteiger charge is -2.12. The number of aryl methyl sites for hydroxylation is 1. The second-order valence-corrected chi connectivity index (χ2v) is 5.18. The quantitative estimate of drug-likeness (QED) is 0.665. The van der Waals surface area contributed by atoms with E-state index in [1.54, 1.807) is 12.5 Å². The largest absolute Gasteiger partial charge is 0.290 e. The van der Waals surface area contributed by atoms with E-state index in [1.807, 2.05) is 22.9 Å². The molecule has 0 saturated carbocycles. The number of halogens is 1. The molecule has 0 aliphatic rings. The van der Waals surface area contributed by atoms with Gasteiger partial charge in [-0.15, -0.1) is 0 Å². The molecule has 0 radical (unpaired) electrons. The lowest BCUT2D eigenvalue weighted by molar-refractivity contribution is 0.795. The molecule has 3 nitrogen and oxygen atoms in total. The number of aromatic nitrogens is 3. The molecule has 0 aliphatic heterocycles. The Bertz CT molecular complexity index is 720. The summed E-state index contributed by atoms with van der Waals surface area (Å²) >= 11 is 6.42. The first-order valence-corrected chi connectivity index (χ1v) is 7.24. The molecule has 0 aliphatic carbocycles. The molecule has 0 N–H and O–H groups in total. The highest BCUT2D eigenvalue weighted by Gasteiger charge is 2.12. The molecule has 3 aromatic rings. The van der Waals surface area contributed by atoms with Crippen LogP contribution in [0.25, 0.3) is 16.6 Å². The fourth-order valence-electron chi connectivity index (χ4n) is 2.45. The number of benzene rings is 1. The van der Waals surface area contributed by atoms with E-state index in [9.17, 15) is 0 Å². The van der Waals surface area contributed by atoms with Crippen LogP contribution in [0.4, 0.5) is 0 Å². The van der Waals surface area contributed by atoms with Crippen molar-refractivity contribution >= 4 is 22.4 Å². The van der Waals surface area contributed by atoms with Gasteiger partial charge in [0.15, 0.2) is 0 Å². The number of imidazole rings is 1. The fraction of sp³-hybridized carbons (Fsp3) is 0.250. The molecule has 0 atom stereocenters. The third kappa shape index (κ3) is 2.29. The molecule has 4 heteroatoms. The van der Waals surface area contributed by atoms with Gasteiger partial charge in [-0.2, -0.15) is 0 Å². The summed E-state index contributed by atoms with van der Waals surface area (Å²) in [6.07, 6.45) is 8.61. The number of hydrogen-bond donors (Lipinski definition) is 0. The van der Waals surface area contributed by atoms with Crippen molar-refractivity contribution in [2.24, 2.45) is 0 Å². The molecule has 20 heavy (non-hydrogen) atoms. The van der Waals surface area contributed by atoms with Crippen molar-refractivity contribution in [3.05, 3.63) is 53.7 Å². The lowest BCUT2D eigenvalue weighted by Crippen LogP contribution is -2.00. The maximum atomic E-state index is 6.42. The highest BCUT2D eigenvalue weighted by molar-refractivity contribution is 6.31. The number of fused-ring (bicyclic) bond motifs is 1. The Morgan fingerprint density at radius 1 is 1.20 bits per heavy atom. The molecule has 0 fully saturated rings. The van der Waals surface area contributed by atoms with Gasteiger partial charge < -0.3 is 0 Å². The minimum absolute atomic E-state index is 0.598. The predicted octanol–water partition coefficient (Wildman–Crippen LogP) is 4.42. The van der Waals surface area contributed by atoms with E-state index in [-0.39, 0.29) is 0 Å². The first-order chi connectivity index (χ1) is 9.81. The van der Waals surface area contributed by atoms with Crippen molar-refractivity contribution in [3.8, 4) is 5.82 Å². The van der Waals surface area contributed by atoms with E-state index in [0.29, 0.717) is 5.15 Å². The molecule has 102 valence electrons. The summed E-state index contributed by atoms with van der Waals surface area (Å²) in [6, 6.07) is 8.28. The molecule has 0 spiro atoms. The van der Waals surface area contributed by atoms with Crippen molar-refractivity contribution in [1.82, 2.24) is 14.5 Å². The van der Waals surface area contributed by atoms with Crippen molar-refractivity contribution in [2.45, 2.75) is 26.2 Å². The number of nitrogens with zero attached hydrogens (tertiary/aromatic N) is 3.